The number of rotatable bonds is 4. The van der Waals surface area contributed by atoms with E-state index >= 15 is 0 Å². The van der Waals surface area contributed by atoms with E-state index < -0.39 is 0 Å². The molecule has 0 spiro atoms. The number of nitrogens with one attached hydrogen (secondary N) is 1. The molecule has 0 bridgehead atoms. The molecule has 0 aliphatic rings. The molecule has 2 heteroatoms. The summed E-state index contributed by atoms with van der Waals surface area (Å²) in [5.74, 6) is 0. The van der Waals surface area contributed by atoms with Crippen molar-refractivity contribution in [3.8, 4) is 0 Å². The Kier molecular flexibility index (Phi) is 2.93. The zero-order valence-electron chi connectivity index (χ0n) is 6.88. The molecule has 0 amide bonds. The maximum atomic E-state index is 3.68. The maximum absolute atomic E-state index is 3.68. The summed E-state index contributed by atoms with van der Waals surface area (Å²) in [5, 5.41) is 0. The third kappa shape index (κ3) is 2.60. The third-order valence-corrected chi connectivity index (χ3v) is 1.56. The first kappa shape index (κ1) is 8.08. The molecule has 0 saturated carbocycles. The molecule has 1 N–H and O–H groups in total. The second kappa shape index (κ2) is 3.98. The molecule has 0 radical (unpaired) electrons. The molecule has 0 unspecified atom stereocenters. The molecule has 0 aromatic carbocycles. The first-order chi connectivity index (χ1) is 5.33. The van der Waals surface area contributed by atoms with Gasteiger partial charge in [-0.25, -0.2) is 0 Å². The Labute approximate surface area is 67.5 Å². The summed E-state index contributed by atoms with van der Waals surface area (Å²) in [6.45, 7) is 5.60. The largest absolute Gasteiger partial charge is 0.367 e. The van der Waals surface area contributed by atoms with Crippen molar-refractivity contribution in [3.63, 3.8) is 0 Å². The van der Waals surface area contributed by atoms with Crippen molar-refractivity contribution in [2.75, 3.05) is 13.6 Å². The van der Waals surface area contributed by atoms with Gasteiger partial charge in [-0.15, -0.1) is 6.58 Å². The van der Waals surface area contributed by atoms with E-state index in [1.165, 1.54) is 5.56 Å². The van der Waals surface area contributed by atoms with Crippen LogP contribution in [-0.2, 0) is 6.54 Å². The lowest BCUT2D eigenvalue weighted by atomic mass is 10.3. The van der Waals surface area contributed by atoms with Crippen LogP contribution in [0.25, 0.3) is 0 Å². The van der Waals surface area contributed by atoms with Crippen molar-refractivity contribution in [1.29, 1.82) is 0 Å². The van der Waals surface area contributed by atoms with Crippen LogP contribution in [0.4, 0.5) is 0 Å². The zero-order valence-corrected chi connectivity index (χ0v) is 6.88. The highest BCUT2D eigenvalue weighted by Crippen LogP contribution is 2.00. The van der Waals surface area contributed by atoms with E-state index in [1.807, 2.05) is 18.5 Å². The van der Waals surface area contributed by atoms with Gasteiger partial charge in [0.25, 0.3) is 0 Å². The van der Waals surface area contributed by atoms with Gasteiger partial charge in [0.05, 0.1) is 0 Å². The fourth-order valence-electron chi connectivity index (χ4n) is 1.05. The Morgan fingerprint density at radius 1 is 1.73 bits per heavy atom. The minimum absolute atomic E-state index is 0.936. The smallest absolute Gasteiger partial charge is 0.0248 e. The summed E-state index contributed by atoms with van der Waals surface area (Å²) in [7, 11) is 2.08. The van der Waals surface area contributed by atoms with Crippen LogP contribution >= 0.6 is 0 Å². The van der Waals surface area contributed by atoms with Crippen LogP contribution in [0.3, 0.4) is 0 Å². The van der Waals surface area contributed by atoms with Crippen molar-refractivity contribution < 1.29 is 0 Å². The summed E-state index contributed by atoms with van der Waals surface area (Å²) in [6.07, 6.45) is 5.86. The van der Waals surface area contributed by atoms with E-state index in [0.29, 0.717) is 0 Å². The molecule has 1 aromatic heterocycles. The quantitative estimate of drug-likeness (QED) is 0.646. The van der Waals surface area contributed by atoms with E-state index in [4.69, 9.17) is 0 Å². The molecule has 0 aliphatic carbocycles. The maximum Gasteiger partial charge on any atom is 0.0248 e. The van der Waals surface area contributed by atoms with Crippen LogP contribution in [0.2, 0.25) is 0 Å². The topological polar surface area (TPSA) is 19.0 Å². The lowest BCUT2D eigenvalue weighted by molar-refractivity contribution is 0.364. The van der Waals surface area contributed by atoms with E-state index in [2.05, 4.69) is 29.6 Å². The lowest BCUT2D eigenvalue weighted by Crippen LogP contribution is -2.16. The number of aromatic amines is 1. The molecular formula is C9H14N2. The van der Waals surface area contributed by atoms with Crippen LogP contribution < -0.4 is 0 Å². The number of aromatic nitrogens is 1. The predicted octanol–water partition coefficient (Wildman–Crippen LogP) is 1.63. The molecule has 1 rings (SSSR count). The van der Waals surface area contributed by atoms with Gasteiger partial charge in [0.1, 0.15) is 0 Å². The number of H-pyrrole nitrogens is 1. The van der Waals surface area contributed by atoms with E-state index in [1.54, 1.807) is 0 Å². The van der Waals surface area contributed by atoms with Crippen LogP contribution in [0.1, 0.15) is 5.56 Å². The van der Waals surface area contributed by atoms with Crippen molar-refractivity contribution >= 4 is 0 Å². The second-order valence-corrected chi connectivity index (χ2v) is 2.70. The minimum Gasteiger partial charge on any atom is -0.367 e. The Bertz CT molecular complexity index is 201. The summed E-state index contributed by atoms with van der Waals surface area (Å²) in [6, 6.07) is 2.08. The molecule has 1 heterocycles. The Hall–Kier alpha value is -1.02. The van der Waals surface area contributed by atoms with Gasteiger partial charge in [0.15, 0.2) is 0 Å². The molecule has 11 heavy (non-hydrogen) atoms. The van der Waals surface area contributed by atoms with Gasteiger partial charge < -0.3 is 4.98 Å². The SMILES string of the molecule is C=CCN(C)Cc1cc[nH]c1. The highest BCUT2D eigenvalue weighted by molar-refractivity contribution is 5.07. The van der Waals surface area contributed by atoms with E-state index in [9.17, 15) is 0 Å². The minimum atomic E-state index is 0.936. The molecule has 1 aromatic rings. The summed E-state index contributed by atoms with van der Waals surface area (Å²) in [5.41, 5.74) is 1.31. The average molecular weight is 150 g/mol. The van der Waals surface area contributed by atoms with E-state index in [0.717, 1.165) is 13.1 Å². The monoisotopic (exact) mass is 150 g/mol. The molecule has 0 saturated heterocycles. The van der Waals surface area contributed by atoms with Gasteiger partial charge in [-0.2, -0.15) is 0 Å². The average Bonchev–Trinajstić information content (AvgIpc) is 2.40. The first-order valence-electron chi connectivity index (χ1n) is 3.74. The van der Waals surface area contributed by atoms with Crippen LogP contribution in [-0.4, -0.2) is 23.5 Å². The van der Waals surface area contributed by atoms with Crippen LogP contribution in [0.15, 0.2) is 31.1 Å². The normalized spacial score (nSPS) is 10.4. The number of hydrogen-bond donors (Lipinski definition) is 1. The van der Waals surface area contributed by atoms with Crippen molar-refractivity contribution in [1.82, 2.24) is 9.88 Å². The second-order valence-electron chi connectivity index (χ2n) is 2.70. The van der Waals surface area contributed by atoms with Gasteiger partial charge in [0.2, 0.25) is 0 Å². The highest BCUT2D eigenvalue weighted by atomic mass is 15.1. The standard InChI is InChI=1S/C9H14N2/c1-3-6-11(2)8-9-4-5-10-7-9/h3-5,7,10H,1,6,8H2,2H3. The zero-order chi connectivity index (χ0) is 8.10. The van der Waals surface area contributed by atoms with Crippen molar-refractivity contribution in [2.24, 2.45) is 0 Å². The Balaban J connectivity index is 2.37. The Morgan fingerprint density at radius 2 is 2.55 bits per heavy atom. The Morgan fingerprint density at radius 3 is 3.09 bits per heavy atom. The molecular weight excluding hydrogens is 136 g/mol. The highest BCUT2D eigenvalue weighted by Gasteiger charge is 1.96. The number of nitrogens with zero attached hydrogens (tertiary/aromatic N) is 1. The molecule has 0 atom stereocenters. The van der Waals surface area contributed by atoms with E-state index in [-0.39, 0.29) is 0 Å². The molecule has 60 valence electrons. The molecule has 0 aliphatic heterocycles. The summed E-state index contributed by atoms with van der Waals surface area (Å²) < 4.78 is 0. The fourth-order valence-corrected chi connectivity index (χ4v) is 1.05. The lowest BCUT2D eigenvalue weighted by Gasteiger charge is -2.11. The van der Waals surface area contributed by atoms with Crippen molar-refractivity contribution in [2.45, 2.75) is 6.54 Å². The van der Waals surface area contributed by atoms with Gasteiger partial charge in [0, 0.05) is 25.5 Å². The van der Waals surface area contributed by atoms with Gasteiger partial charge >= 0.3 is 0 Å². The van der Waals surface area contributed by atoms with Gasteiger partial charge in [-0.3, -0.25) is 4.90 Å². The number of hydrogen-bond acceptors (Lipinski definition) is 1. The fraction of sp³-hybridized carbons (Fsp3) is 0.333. The predicted molar refractivity (Wildman–Crippen MR) is 47.3 cm³/mol. The van der Waals surface area contributed by atoms with Gasteiger partial charge in [-0.05, 0) is 18.7 Å². The number of likely N-dealkylation sites (N-methyl/N-ethyl adjacent to an activating group) is 1. The van der Waals surface area contributed by atoms with Crippen molar-refractivity contribution in [3.05, 3.63) is 36.7 Å². The summed E-state index contributed by atoms with van der Waals surface area (Å²) in [4.78, 5) is 5.23. The van der Waals surface area contributed by atoms with Crippen LogP contribution in [0, 0.1) is 0 Å². The first-order valence-corrected chi connectivity index (χ1v) is 3.74. The van der Waals surface area contributed by atoms with Crippen LogP contribution in [0.5, 0.6) is 0 Å². The molecule has 0 fully saturated rings. The van der Waals surface area contributed by atoms with Gasteiger partial charge in [-0.1, -0.05) is 6.08 Å². The summed E-state index contributed by atoms with van der Waals surface area (Å²) >= 11 is 0. The third-order valence-electron chi connectivity index (χ3n) is 1.56. The molecule has 2 nitrogen and oxygen atoms in total.